The van der Waals surface area contributed by atoms with Crippen molar-refractivity contribution in [1.29, 1.82) is 0 Å². The Balaban J connectivity index is 0. The third-order valence-electron chi connectivity index (χ3n) is 5.40. The van der Waals surface area contributed by atoms with Crippen LogP contribution in [0.3, 0.4) is 0 Å². The highest BCUT2D eigenvalue weighted by molar-refractivity contribution is 5.69. The summed E-state index contributed by atoms with van der Waals surface area (Å²) in [5.74, 6) is -0.712. The highest BCUT2D eigenvalue weighted by Gasteiger charge is 2.02. The molecule has 194 valence electrons. The molecule has 1 rings (SSSR count). The lowest BCUT2D eigenvalue weighted by atomic mass is 10.1. The predicted molar refractivity (Wildman–Crippen MR) is 135 cm³/mol. The van der Waals surface area contributed by atoms with Crippen molar-refractivity contribution in [2.75, 3.05) is 13.2 Å². The van der Waals surface area contributed by atoms with E-state index in [0.29, 0.717) is 13.0 Å². The maximum Gasteiger partial charge on any atom is 0.305 e. The molecule has 0 spiro atoms. The topological polar surface area (TPSA) is 115 Å². The van der Waals surface area contributed by atoms with E-state index in [1.165, 1.54) is 51.4 Å². The number of esters is 1. The molecular weight excluding hydrogens is 420 g/mol. The second-order valence-corrected chi connectivity index (χ2v) is 8.53. The number of ether oxygens (including phenoxy) is 1. The van der Waals surface area contributed by atoms with Crippen LogP contribution in [-0.4, -0.2) is 40.8 Å². The quantitative estimate of drug-likeness (QED) is 0.233. The molecule has 0 bridgehead atoms. The summed E-state index contributed by atoms with van der Waals surface area (Å²) in [7, 11) is 0. The van der Waals surface area contributed by atoms with Crippen molar-refractivity contribution in [3.05, 3.63) is 24.3 Å². The van der Waals surface area contributed by atoms with E-state index in [1.54, 1.807) is 0 Å². The van der Waals surface area contributed by atoms with Crippen LogP contribution in [0.15, 0.2) is 24.3 Å². The van der Waals surface area contributed by atoms with E-state index in [-0.39, 0.29) is 24.5 Å². The molecule has 0 aromatic rings. The lowest BCUT2D eigenvalue weighted by Gasteiger charge is -2.04. The molecule has 0 aromatic carbocycles. The van der Waals surface area contributed by atoms with E-state index in [9.17, 15) is 9.59 Å². The minimum absolute atomic E-state index is 0. The van der Waals surface area contributed by atoms with Gasteiger partial charge in [0.1, 0.15) is 0 Å². The summed E-state index contributed by atoms with van der Waals surface area (Å²) in [6.07, 6.45) is 28.5. The van der Waals surface area contributed by atoms with Gasteiger partial charge in [0.25, 0.3) is 0 Å². The second-order valence-electron chi connectivity index (χ2n) is 8.53. The van der Waals surface area contributed by atoms with Crippen LogP contribution in [0.2, 0.25) is 0 Å². The van der Waals surface area contributed by atoms with Gasteiger partial charge < -0.3 is 20.4 Å². The van der Waals surface area contributed by atoms with Crippen molar-refractivity contribution in [3.8, 4) is 0 Å². The Labute approximate surface area is 201 Å². The summed E-state index contributed by atoms with van der Waals surface area (Å²) >= 11 is 0. The number of carbonyl (C=O) groups is 2. The first-order valence-corrected chi connectivity index (χ1v) is 12.9. The number of cyclic esters (lactones) is 1. The Morgan fingerprint density at radius 3 is 1.97 bits per heavy atom. The lowest BCUT2D eigenvalue weighted by molar-refractivity contribution is -0.144. The second kappa shape index (κ2) is 28.4. The number of rotatable bonds is 9. The fourth-order valence-electron chi connectivity index (χ4n) is 3.42. The van der Waals surface area contributed by atoms with Crippen molar-refractivity contribution in [2.45, 2.75) is 122 Å². The number of unbranched alkanes of at least 4 members (excludes halogenated alkanes) is 4. The highest BCUT2D eigenvalue weighted by Crippen LogP contribution is 2.10. The van der Waals surface area contributed by atoms with Gasteiger partial charge in [-0.05, 0) is 77.0 Å². The first-order chi connectivity index (χ1) is 15.7. The minimum Gasteiger partial charge on any atom is -0.481 e. The van der Waals surface area contributed by atoms with Gasteiger partial charge in [0.05, 0.1) is 6.61 Å². The number of hydrogen-bond acceptors (Lipinski definition) is 4. The molecule has 0 aromatic heterocycles. The molecule has 6 heteroatoms. The zero-order valence-corrected chi connectivity index (χ0v) is 20.8. The minimum atomic E-state index is -0.711. The molecule has 0 amide bonds. The zero-order chi connectivity index (χ0) is 23.5. The average molecular weight is 471 g/mol. The van der Waals surface area contributed by atoms with Gasteiger partial charge in [0.2, 0.25) is 0 Å². The Kier molecular flexibility index (Phi) is 28.8. The molecule has 0 atom stereocenters. The predicted octanol–water partition coefficient (Wildman–Crippen LogP) is 6.31. The fraction of sp³-hybridized carbons (Fsp3) is 0.778. The number of allylic oxidation sites excluding steroid dienone is 4. The van der Waals surface area contributed by atoms with E-state index in [4.69, 9.17) is 14.9 Å². The highest BCUT2D eigenvalue weighted by atomic mass is 16.5. The third-order valence-corrected chi connectivity index (χ3v) is 5.40. The lowest BCUT2D eigenvalue weighted by Crippen LogP contribution is -2.05. The van der Waals surface area contributed by atoms with E-state index >= 15 is 0 Å². The van der Waals surface area contributed by atoms with Gasteiger partial charge in [-0.1, -0.05) is 56.4 Å². The van der Waals surface area contributed by atoms with Gasteiger partial charge in [-0.3, -0.25) is 9.59 Å². The molecule has 0 fully saturated rings. The molecule has 0 aliphatic carbocycles. The average Bonchev–Trinajstić information content (AvgIpc) is 2.78. The molecule has 1 aliphatic rings. The van der Waals surface area contributed by atoms with Crippen LogP contribution in [0.1, 0.15) is 122 Å². The molecule has 0 radical (unpaired) electrons. The van der Waals surface area contributed by atoms with E-state index in [0.717, 1.165) is 57.8 Å². The van der Waals surface area contributed by atoms with Crippen molar-refractivity contribution in [1.82, 2.24) is 0 Å². The third kappa shape index (κ3) is 30.3. The number of carboxylic acids is 1. The fourth-order valence-corrected chi connectivity index (χ4v) is 3.42. The van der Waals surface area contributed by atoms with Crippen LogP contribution in [0.25, 0.3) is 0 Å². The van der Waals surface area contributed by atoms with Gasteiger partial charge in [0, 0.05) is 19.4 Å². The summed E-state index contributed by atoms with van der Waals surface area (Å²) in [5, 5.41) is 16.9. The number of carboxylic acid groups (broad SMARTS) is 1. The maximum atomic E-state index is 11.4. The van der Waals surface area contributed by atoms with Crippen LogP contribution >= 0.6 is 0 Å². The summed E-state index contributed by atoms with van der Waals surface area (Å²) in [5.41, 5.74) is 0. The van der Waals surface area contributed by atoms with Crippen LogP contribution in [0.4, 0.5) is 0 Å². The van der Waals surface area contributed by atoms with Gasteiger partial charge in [-0.2, -0.15) is 0 Å². The Morgan fingerprint density at radius 2 is 1.36 bits per heavy atom. The van der Waals surface area contributed by atoms with E-state index in [2.05, 4.69) is 24.3 Å². The summed E-state index contributed by atoms with van der Waals surface area (Å²) in [4.78, 5) is 21.6. The van der Waals surface area contributed by atoms with E-state index in [1.807, 2.05) is 0 Å². The number of carbonyl (C=O) groups excluding carboxylic acids is 1. The zero-order valence-electron chi connectivity index (χ0n) is 20.8. The van der Waals surface area contributed by atoms with E-state index < -0.39 is 5.97 Å². The maximum absolute atomic E-state index is 11.4. The molecule has 6 nitrogen and oxygen atoms in total. The summed E-state index contributed by atoms with van der Waals surface area (Å²) < 4.78 is 5.22. The Hall–Kier alpha value is -1.66. The van der Waals surface area contributed by atoms with Crippen molar-refractivity contribution < 1.29 is 30.0 Å². The SMILES string of the molecule is O.O=C(O)CCCC/C=C/CCCCO.O=C1CCCCCC/C=C/CCCCCCCO1. The molecular formula is C27H50O6. The smallest absolute Gasteiger partial charge is 0.305 e. The molecule has 0 saturated carbocycles. The summed E-state index contributed by atoms with van der Waals surface area (Å²) in [6.45, 7) is 0.894. The first-order valence-electron chi connectivity index (χ1n) is 12.9. The van der Waals surface area contributed by atoms with Crippen molar-refractivity contribution in [2.24, 2.45) is 0 Å². The van der Waals surface area contributed by atoms with Crippen LogP contribution < -0.4 is 0 Å². The van der Waals surface area contributed by atoms with Crippen molar-refractivity contribution in [3.63, 3.8) is 0 Å². The van der Waals surface area contributed by atoms with Gasteiger partial charge >= 0.3 is 11.9 Å². The van der Waals surface area contributed by atoms with Crippen molar-refractivity contribution >= 4 is 11.9 Å². The normalized spacial score (nSPS) is 17.7. The van der Waals surface area contributed by atoms with Gasteiger partial charge in [-0.25, -0.2) is 0 Å². The van der Waals surface area contributed by atoms with Gasteiger partial charge in [-0.15, -0.1) is 0 Å². The molecule has 4 N–H and O–H groups in total. The van der Waals surface area contributed by atoms with Gasteiger partial charge in [0.15, 0.2) is 0 Å². The van der Waals surface area contributed by atoms with Crippen LogP contribution in [0.5, 0.6) is 0 Å². The molecule has 0 unspecified atom stereocenters. The number of hydrogen-bond donors (Lipinski definition) is 2. The number of aliphatic hydroxyl groups is 1. The number of aliphatic hydroxyl groups excluding tert-OH is 1. The Morgan fingerprint density at radius 1 is 0.818 bits per heavy atom. The monoisotopic (exact) mass is 470 g/mol. The molecule has 1 aliphatic heterocycles. The molecule has 0 saturated heterocycles. The summed E-state index contributed by atoms with van der Waals surface area (Å²) in [6, 6.07) is 0. The Bertz CT molecular complexity index is 487. The molecule has 33 heavy (non-hydrogen) atoms. The van der Waals surface area contributed by atoms with Crippen LogP contribution in [0, 0.1) is 0 Å². The first kappa shape index (κ1) is 33.5. The largest absolute Gasteiger partial charge is 0.481 e. The standard InChI is InChI=1S/C16H28O2.C11H20O3.H2O/c17-16-14-12-10-8-6-4-2-1-3-5-7-9-11-13-15-18-16;12-10-8-6-4-2-1-3-5-7-9-11(13)14;/h1-2H,3-15H2;1-2,12H,3-10H2,(H,13,14);1H2/b2*2-1+;. The number of aliphatic carboxylic acids is 1. The molecule has 1 heterocycles. The van der Waals surface area contributed by atoms with Crippen LogP contribution in [-0.2, 0) is 14.3 Å².